The molecular weight excluding hydrogens is 308 g/mol. The van der Waals surface area contributed by atoms with Crippen LogP contribution in [0.4, 0.5) is 5.69 Å². The largest absolute Gasteiger partial charge is 0.381 e. The Morgan fingerprint density at radius 2 is 2.06 bits per heavy atom. The highest BCUT2D eigenvalue weighted by Crippen LogP contribution is 2.22. The average Bonchev–Trinajstić information content (AvgIpc) is 2.73. The van der Waals surface area contributed by atoms with Crippen LogP contribution in [-0.2, 0) is 13.1 Å². The smallest absolute Gasteiger partial charge is 0.0701 e. The van der Waals surface area contributed by atoms with Crippen LogP contribution in [0.3, 0.4) is 0 Å². The van der Waals surface area contributed by atoms with Gasteiger partial charge < -0.3 is 10.2 Å². The molecule has 0 saturated carbocycles. The predicted molar refractivity (Wildman–Crippen MR) is 83.2 cm³/mol. The van der Waals surface area contributed by atoms with Crippen LogP contribution in [0.15, 0.2) is 39.5 Å². The molecule has 2 aromatic rings. The summed E-state index contributed by atoms with van der Waals surface area (Å²) in [4.78, 5) is 2.18. The Morgan fingerprint density at radius 3 is 2.72 bits per heavy atom. The van der Waals surface area contributed by atoms with Crippen molar-refractivity contribution in [3.8, 4) is 0 Å². The van der Waals surface area contributed by atoms with Gasteiger partial charge in [-0.15, -0.1) is 11.3 Å². The van der Waals surface area contributed by atoms with E-state index < -0.39 is 0 Å². The van der Waals surface area contributed by atoms with Crippen LogP contribution in [0, 0.1) is 0 Å². The highest BCUT2D eigenvalue weighted by Gasteiger charge is 2.03. The van der Waals surface area contributed by atoms with Gasteiger partial charge in [0.05, 0.1) is 3.79 Å². The third-order valence-electron chi connectivity index (χ3n) is 2.61. The number of anilines is 1. The fourth-order valence-electron chi connectivity index (χ4n) is 1.81. The van der Waals surface area contributed by atoms with Crippen LogP contribution in [0.1, 0.15) is 11.1 Å². The van der Waals surface area contributed by atoms with E-state index in [0.29, 0.717) is 0 Å². The van der Waals surface area contributed by atoms with Crippen molar-refractivity contribution >= 4 is 33.0 Å². The molecule has 2 nitrogen and oxygen atoms in total. The Balaban J connectivity index is 2.04. The zero-order valence-electron chi connectivity index (χ0n) is 10.6. The molecule has 0 atom stereocenters. The molecule has 1 N–H and O–H groups in total. The van der Waals surface area contributed by atoms with E-state index in [1.165, 1.54) is 20.6 Å². The van der Waals surface area contributed by atoms with E-state index in [-0.39, 0.29) is 0 Å². The van der Waals surface area contributed by atoms with Crippen molar-refractivity contribution in [2.75, 3.05) is 19.4 Å². The third-order valence-corrected chi connectivity index (χ3v) is 4.16. The van der Waals surface area contributed by atoms with Crippen molar-refractivity contribution in [3.05, 3.63) is 50.6 Å². The quantitative estimate of drug-likeness (QED) is 0.887. The zero-order valence-corrected chi connectivity index (χ0v) is 13.0. The van der Waals surface area contributed by atoms with Gasteiger partial charge in [0.25, 0.3) is 0 Å². The molecule has 0 aliphatic carbocycles. The normalized spacial score (nSPS) is 10.9. The standard InChI is InChI=1S/C14H17BrN2S/c1-17(2)9-12-5-3-4-6-13(12)16-8-11-7-14(15)18-10-11/h3-7,10,16H,8-9H2,1-2H3. The minimum Gasteiger partial charge on any atom is -0.381 e. The summed E-state index contributed by atoms with van der Waals surface area (Å²) in [6.45, 7) is 1.82. The van der Waals surface area contributed by atoms with Gasteiger partial charge in [-0.3, -0.25) is 0 Å². The van der Waals surface area contributed by atoms with Crippen molar-refractivity contribution in [1.82, 2.24) is 4.90 Å². The van der Waals surface area contributed by atoms with Crippen LogP contribution >= 0.6 is 27.3 Å². The van der Waals surface area contributed by atoms with Crippen molar-refractivity contribution in [1.29, 1.82) is 0 Å². The van der Waals surface area contributed by atoms with Crippen LogP contribution in [0.25, 0.3) is 0 Å². The summed E-state index contributed by atoms with van der Waals surface area (Å²) in [6, 6.07) is 10.6. The molecule has 0 amide bonds. The van der Waals surface area contributed by atoms with E-state index in [4.69, 9.17) is 0 Å². The van der Waals surface area contributed by atoms with Crippen molar-refractivity contribution < 1.29 is 0 Å². The van der Waals surface area contributed by atoms with E-state index in [0.717, 1.165) is 13.1 Å². The van der Waals surface area contributed by atoms with E-state index >= 15 is 0 Å². The summed E-state index contributed by atoms with van der Waals surface area (Å²) < 4.78 is 1.18. The summed E-state index contributed by atoms with van der Waals surface area (Å²) in [7, 11) is 4.18. The first-order valence-electron chi connectivity index (χ1n) is 5.84. The Morgan fingerprint density at radius 1 is 1.28 bits per heavy atom. The number of nitrogens with one attached hydrogen (secondary N) is 1. The van der Waals surface area contributed by atoms with E-state index in [1.54, 1.807) is 11.3 Å². The molecule has 18 heavy (non-hydrogen) atoms. The number of hydrogen-bond acceptors (Lipinski definition) is 3. The summed E-state index contributed by atoms with van der Waals surface area (Å²) in [5, 5.41) is 5.68. The zero-order chi connectivity index (χ0) is 13.0. The topological polar surface area (TPSA) is 15.3 Å². The molecule has 2 rings (SSSR count). The molecule has 96 valence electrons. The molecule has 0 aliphatic heterocycles. The molecule has 0 bridgehead atoms. The number of halogens is 1. The minimum atomic E-state index is 0.868. The minimum absolute atomic E-state index is 0.868. The van der Waals surface area contributed by atoms with Crippen LogP contribution in [0.5, 0.6) is 0 Å². The summed E-state index contributed by atoms with van der Waals surface area (Å²) in [5.74, 6) is 0. The third kappa shape index (κ3) is 3.83. The van der Waals surface area contributed by atoms with E-state index in [1.807, 2.05) is 0 Å². The van der Waals surface area contributed by atoms with Gasteiger partial charge in [0.1, 0.15) is 0 Å². The lowest BCUT2D eigenvalue weighted by Crippen LogP contribution is -2.12. The van der Waals surface area contributed by atoms with Gasteiger partial charge in [0.2, 0.25) is 0 Å². The van der Waals surface area contributed by atoms with Crippen molar-refractivity contribution in [2.24, 2.45) is 0 Å². The highest BCUT2D eigenvalue weighted by atomic mass is 79.9. The Labute approximate surface area is 121 Å². The summed E-state index contributed by atoms with van der Waals surface area (Å²) >= 11 is 5.21. The van der Waals surface area contributed by atoms with E-state index in [9.17, 15) is 0 Å². The maximum absolute atomic E-state index is 3.51. The van der Waals surface area contributed by atoms with Gasteiger partial charge in [-0.2, -0.15) is 0 Å². The predicted octanol–water partition coefficient (Wildman–Crippen LogP) is 4.18. The first-order chi connectivity index (χ1) is 8.65. The average molecular weight is 325 g/mol. The highest BCUT2D eigenvalue weighted by molar-refractivity contribution is 9.11. The van der Waals surface area contributed by atoms with Crippen LogP contribution in [-0.4, -0.2) is 19.0 Å². The molecule has 0 saturated heterocycles. The fourth-order valence-corrected chi connectivity index (χ4v) is 3.02. The number of rotatable bonds is 5. The number of hydrogen-bond donors (Lipinski definition) is 1. The van der Waals surface area contributed by atoms with Gasteiger partial charge in [-0.05, 0) is 58.7 Å². The Hall–Kier alpha value is -0.840. The van der Waals surface area contributed by atoms with Crippen LogP contribution in [0.2, 0.25) is 0 Å². The molecule has 0 aliphatic rings. The lowest BCUT2D eigenvalue weighted by atomic mass is 10.1. The van der Waals surface area contributed by atoms with E-state index in [2.05, 4.69) is 76.0 Å². The molecule has 1 heterocycles. The first-order valence-corrected chi connectivity index (χ1v) is 7.52. The molecule has 0 fully saturated rings. The maximum Gasteiger partial charge on any atom is 0.0701 e. The first kappa shape index (κ1) is 13.6. The number of nitrogens with zero attached hydrogens (tertiary/aromatic N) is 1. The fraction of sp³-hybridized carbons (Fsp3) is 0.286. The van der Waals surface area contributed by atoms with Crippen LogP contribution < -0.4 is 5.32 Å². The second-order valence-electron chi connectivity index (χ2n) is 4.51. The van der Waals surface area contributed by atoms with Gasteiger partial charge in [0, 0.05) is 18.8 Å². The van der Waals surface area contributed by atoms with Gasteiger partial charge in [-0.1, -0.05) is 18.2 Å². The maximum atomic E-state index is 3.51. The molecule has 0 radical (unpaired) electrons. The second kappa shape index (κ2) is 6.36. The molecule has 1 aromatic heterocycles. The number of thiophene rings is 1. The second-order valence-corrected chi connectivity index (χ2v) is 6.80. The van der Waals surface area contributed by atoms with Crippen molar-refractivity contribution in [3.63, 3.8) is 0 Å². The molecule has 4 heteroatoms. The summed E-state index contributed by atoms with van der Waals surface area (Å²) in [5.41, 5.74) is 3.86. The molecular formula is C14H17BrN2S. The number of para-hydroxylation sites is 1. The Kier molecular flexibility index (Phi) is 4.80. The van der Waals surface area contributed by atoms with Gasteiger partial charge in [0.15, 0.2) is 0 Å². The monoisotopic (exact) mass is 324 g/mol. The van der Waals surface area contributed by atoms with Gasteiger partial charge >= 0.3 is 0 Å². The van der Waals surface area contributed by atoms with Gasteiger partial charge in [-0.25, -0.2) is 0 Å². The molecule has 1 aromatic carbocycles. The lowest BCUT2D eigenvalue weighted by molar-refractivity contribution is 0.403. The molecule has 0 unspecified atom stereocenters. The lowest BCUT2D eigenvalue weighted by Gasteiger charge is -2.15. The van der Waals surface area contributed by atoms with Crippen molar-refractivity contribution in [2.45, 2.75) is 13.1 Å². The molecule has 0 spiro atoms. The summed E-state index contributed by atoms with van der Waals surface area (Å²) in [6.07, 6.45) is 0. The Bertz CT molecular complexity index is 508. The SMILES string of the molecule is CN(C)Cc1ccccc1NCc1csc(Br)c1. The number of benzene rings is 1.